The van der Waals surface area contributed by atoms with Gasteiger partial charge in [0.25, 0.3) is 5.91 Å². The van der Waals surface area contributed by atoms with Crippen molar-refractivity contribution in [1.29, 1.82) is 0 Å². The van der Waals surface area contributed by atoms with E-state index >= 15 is 0 Å². The molecule has 0 radical (unpaired) electrons. The first-order valence-corrected chi connectivity index (χ1v) is 12.1. The van der Waals surface area contributed by atoms with Crippen molar-refractivity contribution in [3.05, 3.63) is 91.6 Å². The maximum Gasteiger partial charge on any atom is 0.305 e. The van der Waals surface area contributed by atoms with E-state index in [1.807, 2.05) is 47.0 Å². The number of aliphatic carboxylic acids is 1. The van der Waals surface area contributed by atoms with Gasteiger partial charge in [0.2, 0.25) is 0 Å². The smallest absolute Gasteiger partial charge is 0.305 e. The molecule has 0 aliphatic rings. The van der Waals surface area contributed by atoms with Gasteiger partial charge in [0.1, 0.15) is 5.75 Å². The molecule has 1 amide bonds. The minimum atomic E-state index is -0.996. The Morgan fingerprint density at radius 1 is 0.971 bits per heavy atom. The van der Waals surface area contributed by atoms with Crippen LogP contribution < -0.4 is 10.1 Å². The lowest BCUT2D eigenvalue weighted by atomic mass is 10.2. The zero-order chi connectivity index (χ0) is 24.2. The predicted octanol–water partition coefficient (Wildman–Crippen LogP) is 6.60. The maximum absolute atomic E-state index is 13.4. The van der Waals surface area contributed by atoms with E-state index in [9.17, 15) is 9.59 Å². The van der Waals surface area contributed by atoms with Crippen LogP contribution >= 0.6 is 45.8 Å². The molecule has 4 aromatic rings. The van der Waals surface area contributed by atoms with Crippen molar-refractivity contribution in [1.82, 2.24) is 9.88 Å². The number of carboxylic acid groups (broad SMARTS) is 1. The molecule has 0 unspecified atom stereocenters. The predicted molar refractivity (Wildman–Crippen MR) is 141 cm³/mol. The number of fused-ring (bicyclic) bond motifs is 1. The van der Waals surface area contributed by atoms with Gasteiger partial charge in [0.05, 0.1) is 11.9 Å². The molecule has 174 valence electrons. The van der Waals surface area contributed by atoms with E-state index in [2.05, 4.69) is 27.9 Å². The van der Waals surface area contributed by atoms with Crippen molar-refractivity contribution in [2.75, 3.05) is 6.54 Å². The number of amides is 1. The van der Waals surface area contributed by atoms with Crippen LogP contribution in [0.2, 0.25) is 10.0 Å². The van der Waals surface area contributed by atoms with Crippen molar-refractivity contribution in [2.45, 2.75) is 13.0 Å². The first-order valence-electron chi connectivity index (χ1n) is 10.3. The third kappa shape index (κ3) is 5.65. The van der Waals surface area contributed by atoms with E-state index < -0.39 is 11.9 Å². The molecule has 2 N–H and O–H groups in total. The number of nitrogens with one attached hydrogen (secondary N) is 1. The average Bonchev–Trinajstić information content (AvgIpc) is 3.08. The molecule has 1 heterocycles. The summed E-state index contributed by atoms with van der Waals surface area (Å²) in [6.45, 7) is 0.355. The van der Waals surface area contributed by atoms with Crippen LogP contribution in [0.3, 0.4) is 0 Å². The van der Waals surface area contributed by atoms with Crippen molar-refractivity contribution in [3.63, 3.8) is 0 Å². The van der Waals surface area contributed by atoms with Crippen LogP contribution in [0, 0.1) is 3.57 Å². The molecule has 3 aromatic carbocycles. The second-order valence-electron chi connectivity index (χ2n) is 7.51. The van der Waals surface area contributed by atoms with Gasteiger partial charge in [0, 0.05) is 32.1 Å². The topological polar surface area (TPSA) is 80.6 Å². The Morgan fingerprint density at radius 3 is 2.32 bits per heavy atom. The molecule has 0 aliphatic carbocycles. The zero-order valence-electron chi connectivity index (χ0n) is 17.7. The molecule has 6 nitrogen and oxygen atoms in total. The largest absolute Gasteiger partial charge is 0.481 e. The Balaban J connectivity index is 1.85. The summed E-state index contributed by atoms with van der Waals surface area (Å²) >= 11 is 14.6. The Bertz CT molecular complexity index is 1350. The maximum atomic E-state index is 13.4. The van der Waals surface area contributed by atoms with Crippen LogP contribution in [0.25, 0.3) is 10.9 Å². The fourth-order valence-corrected chi connectivity index (χ4v) is 4.21. The molecule has 0 spiro atoms. The van der Waals surface area contributed by atoms with Gasteiger partial charge in [-0.2, -0.15) is 0 Å². The number of benzene rings is 3. The van der Waals surface area contributed by atoms with E-state index in [0.29, 0.717) is 33.5 Å². The van der Waals surface area contributed by atoms with Crippen LogP contribution in [0.4, 0.5) is 0 Å². The summed E-state index contributed by atoms with van der Waals surface area (Å²) < 4.78 is 9.12. The highest BCUT2D eigenvalue weighted by Gasteiger charge is 2.25. The Labute approximate surface area is 219 Å². The molecule has 1 aromatic heterocycles. The standard InChI is InChI=1S/C25H19Cl2IN2O4/c26-16-3-1-15(2-4-16)14-30-21-10-5-17(27)13-20(21)24(34-19-8-6-18(28)7-9-19)23(30)25(33)29-12-11-22(31)32/h1-10,13H,11-12,14H2,(H,29,33)(H,31,32). The molecule has 0 bridgehead atoms. The van der Waals surface area contributed by atoms with Crippen LogP contribution in [0.15, 0.2) is 66.7 Å². The summed E-state index contributed by atoms with van der Waals surface area (Å²) in [5.41, 5.74) is 1.95. The molecule has 0 atom stereocenters. The van der Waals surface area contributed by atoms with Gasteiger partial charge in [0.15, 0.2) is 11.4 Å². The second-order valence-corrected chi connectivity index (χ2v) is 9.63. The number of ether oxygens (including phenoxy) is 1. The van der Waals surface area contributed by atoms with Gasteiger partial charge in [-0.25, -0.2) is 0 Å². The highest BCUT2D eigenvalue weighted by molar-refractivity contribution is 14.1. The minimum absolute atomic E-state index is 0.0135. The highest BCUT2D eigenvalue weighted by atomic mass is 127. The van der Waals surface area contributed by atoms with Crippen molar-refractivity contribution in [2.24, 2.45) is 0 Å². The third-order valence-electron chi connectivity index (χ3n) is 5.11. The highest BCUT2D eigenvalue weighted by Crippen LogP contribution is 2.38. The summed E-state index contributed by atoms with van der Waals surface area (Å²) in [6.07, 6.45) is -0.192. The van der Waals surface area contributed by atoms with E-state index in [1.165, 1.54) is 0 Å². The summed E-state index contributed by atoms with van der Waals surface area (Å²) in [5, 5.41) is 13.5. The summed E-state index contributed by atoms with van der Waals surface area (Å²) in [7, 11) is 0. The van der Waals surface area contributed by atoms with E-state index in [-0.39, 0.29) is 18.7 Å². The number of halogens is 3. The normalized spacial score (nSPS) is 10.9. The summed E-state index contributed by atoms with van der Waals surface area (Å²) in [6, 6.07) is 20.1. The Morgan fingerprint density at radius 2 is 1.65 bits per heavy atom. The fourth-order valence-electron chi connectivity index (χ4n) is 3.55. The second kappa shape index (κ2) is 10.7. The van der Waals surface area contributed by atoms with Gasteiger partial charge in [-0.1, -0.05) is 35.3 Å². The molecule has 0 saturated heterocycles. The van der Waals surface area contributed by atoms with E-state index in [4.69, 9.17) is 33.0 Å². The third-order valence-corrected chi connectivity index (χ3v) is 6.31. The lowest BCUT2D eigenvalue weighted by Gasteiger charge is -2.13. The molecular weight excluding hydrogens is 590 g/mol. The number of carbonyl (C=O) groups is 2. The Kier molecular flexibility index (Phi) is 7.65. The number of rotatable bonds is 8. The van der Waals surface area contributed by atoms with Gasteiger partial charge < -0.3 is 19.7 Å². The summed E-state index contributed by atoms with van der Waals surface area (Å²) in [5.74, 6) is -0.529. The van der Waals surface area contributed by atoms with Gasteiger partial charge in [-0.05, 0) is 82.8 Å². The number of nitrogens with zero attached hydrogens (tertiary/aromatic N) is 1. The number of carboxylic acids is 1. The first kappa shape index (κ1) is 24.4. The first-order chi connectivity index (χ1) is 16.3. The summed E-state index contributed by atoms with van der Waals surface area (Å²) in [4.78, 5) is 24.3. The average molecular weight is 609 g/mol. The van der Waals surface area contributed by atoms with Crippen molar-refractivity contribution < 1.29 is 19.4 Å². The number of hydrogen-bond acceptors (Lipinski definition) is 3. The van der Waals surface area contributed by atoms with Gasteiger partial charge in [-0.15, -0.1) is 0 Å². The molecule has 0 saturated carbocycles. The lowest BCUT2D eigenvalue weighted by Crippen LogP contribution is -2.28. The van der Waals surface area contributed by atoms with Gasteiger partial charge in [-0.3, -0.25) is 9.59 Å². The number of aromatic nitrogens is 1. The van der Waals surface area contributed by atoms with E-state index in [0.717, 1.165) is 14.7 Å². The van der Waals surface area contributed by atoms with Crippen LogP contribution in [0.5, 0.6) is 11.5 Å². The molecular formula is C25H19Cl2IN2O4. The molecule has 34 heavy (non-hydrogen) atoms. The quantitative estimate of drug-likeness (QED) is 0.221. The van der Waals surface area contributed by atoms with Crippen LogP contribution in [0.1, 0.15) is 22.5 Å². The molecule has 4 rings (SSSR count). The van der Waals surface area contributed by atoms with Crippen LogP contribution in [-0.4, -0.2) is 28.1 Å². The minimum Gasteiger partial charge on any atom is -0.481 e. The fraction of sp³-hybridized carbons (Fsp3) is 0.120. The molecule has 0 aliphatic heterocycles. The Hall–Kier alpha value is -2.75. The molecule has 0 fully saturated rings. The number of carbonyl (C=O) groups excluding carboxylic acids is 1. The van der Waals surface area contributed by atoms with E-state index in [1.54, 1.807) is 24.3 Å². The van der Waals surface area contributed by atoms with Crippen molar-refractivity contribution in [3.8, 4) is 11.5 Å². The number of hydrogen-bond donors (Lipinski definition) is 2. The van der Waals surface area contributed by atoms with Gasteiger partial charge >= 0.3 is 5.97 Å². The van der Waals surface area contributed by atoms with Crippen molar-refractivity contribution >= 4 is 68.6 Å². The van der Waals surface area contributed by atoms with Crippen LogP contribution in [-0.2, 0) is 11.3 Å². The lowest BCUT2D eigenvalue weighted by molar-refractivity contribution is -0.136. The molecule has 9 heteroatoms. The SMILES string of the molecule is O=C(O)CCNC(=O)c1c(Oc2ccc(I)cc2)c2cc(Cl)ccc2n1Cc1ccc(Cl)cc1. The zero-order valence-corrected chi connectivity index (χ0v) is 21.4. The monoisotopic (exact) mass is 608 g/mol.